The quantitative estimate of drug-likeness (QED) is 0.536. The van der Waals surface area contributed by atoms with Gasteiger partial charge in [0.25, 0.3) is 5.91 Å². The Hall–Kier alpha value is -3.24. The summed E-state index contributed by atoms with van der Waals surface area (Å²) in [4.78, 5) is 17.7. The van der Waals surface area contributed by atoms with Gasteiger partial charge >= 0.3 is 0 Å². The molecule has 0 spiro atoms. The molecule has 1 fully saturated rings. The number of hydrogen-bond acceptors (Lipinski definition) is 7. The monoisotopic (exact) mass is 526 g/mol. The molecule has 2 N–H and O–H groups in total. The maximum Gasteiger partial charge on any atom is 0.289 e. The second-order valence-corrected chi connectivity index (χ2v) is 10.7. The summed E-state index contributed by atoms with van der Waals surface area (Å²) in [7, 11) is 3.65. The zero-order valence-corrected chi connectivity index (χ0v) is 23.2. The van der Waals surface area contributed by atoms with Crippen LogP contribution in [0.1, 0.15) is 62.6 Å². The molecule has 2 heterocycles. The molecule has 1 aliphatic carbocycles. The summed E-state index contributed by atoms with van der Waals surface area (Å²) >= 11 is 0. The molecule has 0 atom stereocenters. The van der Waals surface area contributed by atoms with E-state index in [1.165, 1.54) is 6.08 Å². The normalized spacial score (nSPS) is 17.3. The summed E-state index contributed by atoms with van der Waals surface area (Å²) in [5, 5.41) is 22.3. The fourth-order valence-electron chi connectivity index (χ4n) is 4.92. The molecular weight excluding hydrogens is 487 g/mol. The zero-order chi connectivity index (χ0) is 27.6. The Morgan fingerprint density at radius 3 is 2.45 bits per heavy atom. The zero-order valence-electron chi connectivity index (χ0n) is 23.2. The Morgan fingerprint density at radius 1 is 1.13 bits per heavy atom. The van der Waals surface area contributed by atoms with Crippen LogP contribution in [-0.4, -0.2) is 88.5 Å². The first-order valence-corrected chi connectivity index (χ1v) is 13.3. The average molecular weight is 527 g/mol. The highest BCUT2D eigenvalue weighted by molar-refractivity contribution is 5.93. The molecule has 4 rings (SSSR count). The van der Waals surface area contributed by atoms with E-state index in [0.717, 1.165) is 37.3 Å². The maximum absolute atomic E-state index is 15.5. The van der Waals surface area contributed by atoms with E-state index in [9.17, 15) is 9.90 Å². The molecule has 206 valence electrons. The van der Waals surface area contributed by atoms with Gasteiger partial charge in [0.15, 0.2) is 5.82 Å². The number of benzene rings is 1. The van der Waals surface area contributed by atoms with Crippen LogP contribution in [-0.2, 0) is 0 Å². The Morgan fingerprint density at radius 2 is 1.84 bits per heavy atom. The highest BCUT2D eigenvalue weighted by Crippen LogP contribution is 2.40. The highest BCUT2D eigenvalue weighted by Gasteiger charge is 2.28. The number of piperazine rings is 1. The Balaban J connectivity index is 1.77. The minimum atomic E-state index is -0.413. The first kappa shape index (κ1) is 27.8. The van der Waals surface area contributed by atoms with Crippen molar-refractivity contribution in [2.24, 2.45) is 0 Å². The van der Waals surface area contributed by atoms with Crippen molar-refractivity contribution in [3.63, 3.8) is 0 Å². The van der Waals surface area contributed by atoms with Gasteiger partial charge in [0.1, 0.15) is 17.3 Å². The van der Waals surface area contributed by atoms with Gasteiger partial charge in [0.05, 0.1) is 12.7 Å². The maximum atomic E-state index is 15.5. The number of aromatic hydroxyl groups is 1. The number of methoxy groups -OCH3 is 1. The van der Waals surface area contributed by atoms with Gasteiger partial charge in [-0.15, -0.1) is 10.2 Å². The summed E-state index contributed by atoms with van der Waals surface area (Å²) in [6, 6.07) is 3.23. The van der Waals surface area contributed by atoms with Crippen LogP contribution in [0.5, 0.6) is 11.5 Å². The van der Waals surface area contributed by atoms with Crippen molar-refractivity contribution in [1.82, 2.24) is 29.9 Å². The lowest BCUT2D eigenvalue weighted by atomic mass is 9.97. The summed E-state index contributed by atoms with van der Waals surface area (Å²) in [5.41, 5.74) is 2.61. The number of amides is 1. The number of carbonyl (C=O) groups excluding carboxylic acids is 1. The van der Waals surface area contributed by atoms with Gasteiger partial charge in [-0.25, -0.2) is 4.39 Å². The molecule has 1 aliphatic heterocycles. The molecule has 2 aliphatic rings. The van der Waals surface area contributed by atoms with E-state index in [2.05, 4.69) is 32.4 Å². The summed E-state index contributed by atoms with van der Waals surface area (Å²) in [5.74, 6) is 0.240. The third-order valence-electron chi connectivity index (χ3n) is 7.11. The molecule has 0 saturated carbocycles. The number of nitrogens with one attached hydrogen (secondary N) is 1. The summed E-state index contributed by atoms with van der Waals surface area (Å²) in [6.07, 6.45) is 2.52. The van der Waals surface area contributed by atoms with Crippen molar-refractivity contribution in [2.45, 2.75) is 52.5 Å². The lowest BCUT2D eigenvalue weighted by Gasteiger charge is -2.33. The second kappa shape index (κ2) is 11.7. The average Bonchev–Trinajstić information content (AvgIpc) is 3.31. The predicted octanol–water partition coefficient (Wildman–Crippen LogP) is 4.03. The number of phenols is 1. The number of likely N-dealkylation sites (N-methyl/N-ethyl adjacent to an activating group) is 1. The van der Waals surface area contributed by atoms with Gasteiger partial charge in [-0.1, -0.05) is 13.8 Å². The number of phenolic OH excluding ortho intramolecular Hbond substituents is 1. The van der Waals surface area contributed by atoms with Crippen LogP contribution in [0.2, 0.25) is 0 Å². The molecule has 9 nitrogen and oxygen atoms in total. The van der Waals surface area contributed by atoms with Crippen molar-refractivity contribution in [3.8, 4) is 22.9 Å². The van der Waals surface area contributed by atoms with E-state index in [0.29, 0.717) is 36.4 Å². The van der Waals surface area contributed by atoms with Crippen molar-refractivity contribution >= 4 is 11.6 Å². The van der Waals surface area contributed by atoms with Crippen LogP contribution in [0.3, 0.4) is 0 Å². The van der Waals surface area contributed by atoms with Crippen molar-refractivity contribution < 1.29 is 19.0 Å². The number of aromatic nitrogens is 3. The molecule has 0 radical (unpaired) electrons. The predicted molar refractivity (Wildman–Crippen MR) is 146 cm³/mol. The van der Waals surface area contributed by atoms with Crippen LogP contribution in [0.15, 0.2) is 29.6 Å². The molecule has 0 unspecified atom stereocenters. The number of hydrogen-bond donors (Lipinski definition) is 2. The Labute approximate surface area is 224 Å². The molecule has 0 bridgehead atoms. The molecule has 38 heavy (non-hydrogen) atoms. The topological polar surface area (TPSA) is 95.8 Å². The van der Waals surface area contributed by atoms with Gasteiger partial charge in [-0.3, -0.25) is 14.3 Å². The third-order valence-corrected chi connectivity index (χ3v) is 7.11. The van der Waals surface area contributed by atoms with E-state index >= 15 is 4.39 Å². The molecule has 1 saturated heterocycles. The lowest BCUT2D eigenvalue weighted by Crippen LogP contribution is -2.45. The summed E-state index contributed by atoms with van der Waals surface area (Å²) < 4.78 is 22.5. The number of nitrogens with zero attached hydrogens (tertiary/aromatic N) is 5. The first-order valence-electron chi connectivity index (χ1n) is 13.3. The minimum absolute atomic E-state index is 0.0524. The number of halogens is 1. The van der Waals surface area contributed by atoms with Gasteiger partial charge in [0.2, 0.25) is 5.82 Å². The van der Waals surface area contributed by atoms with Gasteiger partial charge in [0, 0.05) is 50.5 Å². The number of carbonyl (C=O) groups is 1. The molecule has 1 aromatic carbocycles. The third kappa shape index (κ3) is 5.91. The minimum Gasteiger partial charge on any atom is -0.507 e. The Kier molecular flexibility index (Phi) is 8.52. The fraction of sp³-hybridized carbons (Fsp3) is 0.536. The van der Waals surface area contributed by atoms with Gasteiger partial charge < -0.3 is 20.1 Å². The van der Waals surface area contributed by atoms with Crippen LogP contribution >= 0.6 is 0 Å². The molecule has 1 amide bonds. The smallest absolute Gasteiger partial charge is 0.289 e. The molecule has 1 aromatic heterocycles. The number of allylic oxidation sites excluding steroid dienone is 3. The largest absolute Gasteiger partial charge is 0.507 e. The van der Waals surface area contributed by atoms with E-state index < -0.39 is 5.91 Å². The molecule has 2 aromatic rings. The van der Waals surface area contributed by atoms with E-state index in [-0.39, 0.29) is 35.2 Å². The van der Waals surface area contributed by atoms with Crippen molar-refractivity contribution in [1.29, 1.82) is 0 Å². The second-order valence-electron chi connectivity index (χ2n) is 10.7. The lowest BCUT2D eigenvalue weighted by molar-refractivity contribution is 0.0930. The van der Waals surface area contributed by atoms with Crippen LogP contribution in [0, 0.1) is 0 Å². The number of ether oxygens (including phenoxy) is 1. The van der Waals surface area contributed by atoms with E-state index in [4.69, 9.17) is 4.74 Å². The van der Waals surface area contributed by atoms with Gasteiger partial charge in [-0.05, 0) is 62.9 Å². The van der Waals surface area contributed by atoms with Crippen molar-refractivity contribution in [2.75, 3.05) is 46.9 Å². The van der Waals surface area contributed by atoms with Gasteiger partial charge in [-0.2, -0.15) is 0 Å². The number of rotatable bonds is 8. The summed E-state index contributed by atoms with van der Waals surface area (Å²) in [6.45, 7) is 12.1. The van der Waals surface area contributed by atoms with Crippen LogP contribution < -0.4 is 10.1 Å². The standard InChI is InChI=1S/C28H39FN6O3/c1-17(2)21-14-22(24(36)15-25(21)38-6)26-31-32-27(28(37)30-18(3)4)35(26)20-8-7-19(23(29)13-20)16-34-11-9-33(5)10-12-34/h13-15,17-18,36H,7-12,16H2,1-6H3,(H,30,37). The molecular formula is C28H39FN6O3. The highest BCUT2D eigenvalue weighted by atomic mass is 19.1. The Bertz CT molecular complexity index is 1240. The van der Waals surface area contributed by atoms with E-state index in [1.807, 2.05) is 27.7 Å². The first-order chi connectivity index (χ1) is 18.1. The van der Waals surface area contributed by atoms with Crippen LogP contribution in [0.4, 0.5) is 4.39 Å². The fourth-order valence-corrected chi connectivity index (χ4v) is 4.92. The van der Waals surface area contributed by atoms with Crippen molar-refractivity contribution in [3.05, 3.63) is 41.0 Å². The van der Waals surface area contributed by atoms with Crippen LogP contribution in [0.25, 0.3) is 17.1 Å². The SMILES string of the molecule is COc1cc(O)c(-c2nnc(C(=O)NC(C)C)n2C2=CC(F)=C(CN3CCN(C)CC3)CC2)cc1C(C)C. The van der Waals surface area contributed by atoms with E-state index in [1.54, 1.807) is 23.8 Å². The molecule has 10 heteroatoms.